The molecule has 0 amide bonds. The predicted molar refractivity (Wildman–Crippen MR) is 59.6 cm³/mol. The average molecular weight is 222 g/mol. The number of piperazine rings is 1. The van der Waals surface area contributed by atoms with E-state index in [0.717, 1.165) is 37.7 Å². The van der Waals surface area contributed by atoms with E-state index >= 15 is 0 Å². The second-order valence-electron chi connectivity index (χ2n) is 3.82. The van der Waals surface area contributed by atoms with Crippen molar-refractivity contribution >= 4 is 11.3 Å². The molecular formula is C10H14N4S. The van der Waals surface area contributed by atoms with Gasteiger partial charge in [-0.25, -0.2) is 4.98 Å². The van der Waals surface area contributed by atoms with Crippen LogP contribution >= 0.6 is 11.3 Å². The Kier molecular flexibility index (Phi) is 3.31. The fraction of sp³-hybridized carbons (Fsp3) is 0.600. The molecule has 2 rings (SSSR count). The van der Waals surface area contributed by atoms with Crippen LogP contribution in [0.15, 0.2) is 5.38 Å². The maximum absolute atomic E-state index is 8.67. The van der Waals surface area contributed by atoms with Crippen LogP contribution in [0.3, 0.4) is 0 Å². The van der Waals surface area contributed by atoms with Crippen molar-refractivity contribution in [3.63, 3.8) is 0 Å². The smallest absolute Gasteiger partial charge is 0.151 e. The van der Waals surface area contributed by atoms with Crippen LogP contribution in [0.1, 0.15) is 10.7 Å². The zero-order valence-electron chi connectivity index (χ0n) is 8.81. The van der Waals surface area contributed by atoms with E-state index in [1.54, 1.807) is 11.3 Å². The Balaban J connectivity index is 1.89. The molecule has 1 saturated heterocycles. The molecule has 0 aliphatic carbocycles. The summed E-state index contributed by atoms with van der Waals surface area (Å²) < 4.78 is 0. The molecule has 5 heteroatoms. The van der Waals surface area contributed by atoms with Crippen molar-refractivity contribution in [3.05, 3.63) is 16.1 Å². The monoisotopic (exact) mass is 222 g/mol. The number of nitriles is 1. The molecule has 0 bridgehead atoms. The number of nitrogens with zero attached hydrogens (tertiary/aromatic N) is 4. The van der Waals surface area contributed by atoms with Gasteiger partial charge in [-0.3, -0.25) is 4.90 Å². The number of hydrogen-bond donors (Lipinski definition) is 0. The number of hydrogen-bond acceptors (Lipinski definition) is 5. The first-order valence-electron chi connectivity index (χ1n) is 5.03. The fourth-order valence-corrected chi connectivity index (χ4v) is 2.39. The summed E-state index contributed by atoms with van der Waals surface area (Å²) in [6.45, 7) is 5.32. The number of likely N-dealkylation sites (N-methyl/N-ethyl adjacent to an activating group) is 1. The average Bonchev–Trinajstić information content (AvgIpc) is 2.69. The number of rotatable bonds is 2. The minimum absolute atomic E-state index is 0.545. The molecular weight excluding hydrogens is 208 g/mol. The van der Waals surface area contributed by atoms with Gasteiger partial charge in [0.2, 0.25) is 0 Å². The van der Waals surface area contributed by atoms with Gasteiger partial charge in [0.15, 0.2) is 5.69 Å². The Labute approximate surface area is 93.8 Å². The molecule has 0 N–H and O–H groups in total. The van der Waals surface area contributed by atoms with Crippen molar-refractivity contribution in [2.45, 2.75) is 6.54 Å². The Morgan fingerprint density at radius 3 is 2.80 bits per heavy atom. The van der Waals surface area contributed by atoms with Gasteiger partial charge in [-0.2, -0.15) is 5.26 Å². The van der Waals surface area contributed by atoms with E-state index < -0.39 is 0 Å². The van der Waals surface area contributed by atoms with Gasteiger partial charge in [0, 0.05) is 31.6 Å². The molecule has 0 aromatic carbocycles. The third-order valence-corrected chi connectivity index (χ3v) is 3.45. The normalized spacial score (nSPS) is 18.9. The Morgan fingerprint density at radius 2 is 2.20 bits per heavy atom. The highest BCUT2D eigenvalue weighted by Gasteiger charge is 2.15. The zero-order chi connectivity index (χ0) is 10.7. The molecule has 15 heavy (non-hydrogen) atoms. The molecule has 0 unspecified atom stereocenters. The van der Waals surface area contributed by atoms with Crippen LogP contribution in [-0.4, -0.2) is 48.0 Å². The second-order valence-corrected chi connectivity index (χ2v) is 4.76. The number of aromatic nitrogens is 1. The summed E-state index contributed by atoms with van der Waals surface area (Å²) in [6.07, 6.45) is 0. The lowest BCUT2D eigenvalue weighted by Gasteiger charge is -2.31. The molecule has 4 nitrogen and oxygen atoms in total. The largest absolute Gasteiger partial charge is 0.304 e. The van der Waals surface area contributed by atoms with Crippen LogP contribution in [0.5, 0.6) is 0 Å². The summed E-state index contributed by atoms with van der Waals surface area (Å²) in [4.78, 5) is 8.97. The van der Waals surface area contributed by atoms with Crippen LogP contribution < -0.4 is 0 Å². The molecule has 0 atom stereocenters. The minimum atomic E-state index is 0.545. The van der Waals surface area contributed by atoms with Gasteiger partial charge in [0.05, 0.1) is 6.54 Å². The fourth-order valence-electron chi connectivity index (χ4n) is 1.63. The van der Waals surface area contributed by atoms with Gasteiger partial charge in [0.25, 0.3) is 0 Å². The van der Waals surface area contributed by atoms with Crippen molar-refractivity contribution in [2.24, 2.45) is 0 Å². The third kappa shape index (κ3) is 2.75. The van der Waals surface area contributed by atoms with E-state index in [2.05, 4.69) is 27.9 Å². The lowest BCUT2D eigenvalue weighted by Crippen LogP contribution is -2.43. The summed E-state index contributed by atoms with van der Waals surface area (Å²) in [5.74, 6) is 0. The van der Waals surface area contributed by atoms with Crippen LogP contribution in [0.2, 0.25) is 0 Å². The molecule has 1 fully saturated rings. The van der Waals surface area contributed by atoms with Gasteiger partial charge >= 0.3 is 0 Å². The zero-order valence-corrected chi connectivity index (χ0v) is 9.63. The Hall–Kier alpha value is -0.960. The van der Waals surface area contributed by atoms with Crippen LogP contribution in [0, 0.1) is 11.3 Å². The van der Waals surface area contributed by atoms with Crippen molar-refractivity contribution < 1.29 is 0 Å². The van der Waals surface area contributed by atoms with E-state index in [9.17, 15) is 0 Å². The van der Waals surface area contributed by atoms with E-state index in [1.165, 1.54) is 0 Å². The van der Waals surface area contributed by atoms with Crippen molar-refractivity contribution in [1.29, 1.82) is 5.26 Å². The maximum atomic E-state index is 8.67. The summed E-state index contributed by atoms with van der Waals surface area (Å²) in [5.41, 5.74) is 0.545. The molecule has 1 aliphatic rings. The quantitative estimate of drug-likeness (QED) is 0.741. The summed E-state index contributed by atoms with van der Waals surface area (Å²) in [5, 5.41) is 11.5. The topological polar surface area (TPSA) is 43.2 Å². The van der Waals surface area contributed by atoms with Gasteiger partial charge in [-0.05, 0) is 7.05 Å². The molecule has 1 aromatic rings. The standard InChI is InChI=1S/C10H14N4S/c1-13-2-4-14(5-3-13)7-10-12-9(6-11)8-15-10/h8H,2-5,7H2,1H3. The maximum Gasteiger partial charge on any atom is 0.151 e. The first-order valence-corrected chi connectivity index (χ1v) is 5.91. The lowest BCUT2D eigenvalue weighted by atomic mass is 10.3. The van der Waals surface area contributed by atoms with Gasteiger partial charge in [-0.15, -0.1) is 11.3 Å². The lowest BCUT2D eigenvalue weighted by molar-refractivity contribution is 0.148. The summed E-state index contributed by atoms with van der Waals surface area (Å²) >= 11 is 1.58. The van der Waals surface area contributed by atoms with Crippen molar-refractivity contribution in [3.8, 4) is 6.07 Å². The molecule has 1 aliphatic heterocycles. The summed E-state index contributed by atoms with van der Waals surface area (Å²) in [7, 11) is 2.15. The predicted octanol–water partition coefficient (Wildman–Crippen LogP) is 0.762. The van der Waals surface area contributed by atoms with E-state index in [0.29, 0.717) is 5.69 Å². The van der Waals surface area contributed by atoms with Crippen LogP contribution in [0.4, 0.5) is 0 Å². The molecule has 2 heterocycles. The van der Waals surface area contributed by atoms with Gasteiger partial charge in [0.1, 0.15) is 11.1 Å². The highest BCUT2D eigenvalue weighted by molar-refractivity contribution is 7.09. The minimum Gasteiger partial charge on any atom is -0.304 e. The molecule has 1 aromatic heterocycles. The highest BCUT2D eigenvalue weighted by Crippen LogP contribution is 2.12. The first kappa shape index (κ1) is 10.6. The molecule has 0 radical (unpaired) electrons. The van der Waals surface area contributed by atoms with Crippen LogP contribution in [-0.2, 0) is 6.54 Å². The molecule has 0 saturated carbocycles. The van der Waals surface area contributed by atoms with E-state index in [-0.39, 0.29) is 0 Å². The highest BCUT2D eigenvalue weighted by atomic mass is 32.1. The molecule has 80 valence electrons. The second kappa shape index (κ2) is 4.71. The number of thiazole rings is 1. The van der Waals surface area contributed by atoms with Crippen molar-refractivity contribution in [2.75, 3.05) is 33.2 Å². The van der Waals surface area contributed by atoms with Gasteiger partial charge < -0.3 is 4.90 Å². The van der Waals surface area contributed by atoms with Gasteiger partial charge in [-0.1, -0.05) is 0 Å². The van der Waals surface area contributed by atoms with Crippen LogP contribution in [0.25, 0.3) is 0 Å². The summed E-state index contributed by atoms with van der Waals surface area (Å²) in [6, 6.07) is 2.06. The Bertz CT molecular complexity index is 360. The third-order valence-electron chi connectivity index (χ3n) is 2.62. The van der Waals surface area contributed by atoms with E-state index in [1.807, 2.05) is 5.38 Å². The first-order chi connectivity index (χ1) is 7.28. The van der Waals surface area contributed by atoms with Crippen molar-refractivity contribution in [1.82, 2.24) is 14.8 Å². The SMILES string of the molecule is CN1CCN(Cc2nc(C#N)cs2)CC1. The Morgan fingerprint density at radius 1 is 1.47 bits per heavy atom. The van der Waals surface area contributed by atoms with E-state index in [4.69, 9.17) is 5.26 Å². The molecule has 0 spiro atoms.